The highest BCUT2D eigenvalue weighted by Gasteiger charge is 2.32. The lowest BCUT2D eigenvalue weighted by Gasteiger charge is -2.31. The zero-order chi connectivity index (χ0) is 13.8. The molecule has 1 heterocycles. The van der Waals surface area contributed by atoms with Crippen molar-refractivity contribution in [1.82, 2.24) is 4.90 Å². The van der Waals surface area contributed by atoms with Gasteiger partial charge in [0.05, 0.1) is 0 Å². The average Bonchev–Trinajstić information content (AvgIpc) is 2.75. The zero-order valence-electron chi connectivity index (χ0n) is 11.7. The highest BCUT2D eigenvalue weighted by molar-refractivity contribution is 5.80. The van der Waals surface area contributed by atoms with Crippen LogP contribution in [-0.4, -0.2) is 28.5 Å². The molecule has 1 aliphatic heterocycles. The van der Waals surface area contributed by atoms with Crippen molar-refractivity contribution in [2.75, 3.05) is 6.54 Å². The number of nitrogens with zero attached hydrogens (tertiary/aromatic N) is 2. The molecule has 2 rings (SSSR count). The summed E-state index contributed by atoms with van der Waals surface area (Å²) >= 11 is 0. The quantitative estimate of drug-likeness (QED) is 0.379. The van der Waals surface area contributed by atoms with Gasteiger partial charge in [0, 0.05) is 25.0 Å². The topological polar surface area (TPSA) is 61.8 Å². The molecule has 0 spiro atoms. The Morgan fingerprint density at radius 2 is 2.11 bits per heavy atom. The minimum absolute atomic E-state index is 0.192. The van der Waals surface area contributed by atoms with Crippen molar-refractivity contribution >= 4 is 5.84 Å². The molecule has 104 valence electrons. The number of hydrogen-bond acceptors (Lipinski definition) is 3. The average molecular weight is 261 g/mol. The number of benzene rings is 1. The van der Waals surface area contributed by atoms with Gasteiger partial charge in [-0.3, -0.25) is 4.90 Å². The van der Waals surface area contributed by atoms with Crippen LogP contribution in [0.15, 0.2) is 35.5 Å². The van der Waals surface area contributed by atoms with Crippen molar-refractivity contribution in [2.24, 2.45) is 16.8 Å². The highest BCUT2D eigenvalue weighted by Crippen LogP contribution is 2.33. The summed E-state index contributed by atoms with van der Waals surface area (Å²) in [5.41, 5.74) is 6.96. The van der Waals surface area contributed by atoms with Crippen molar-refractivity contribution in [1.29, 1.82) is 0 Å². The van der Waals surface area contributed by atoms with Crippen LogP contribution in [0, 0.1) is 5.92 Å². The maximum absolute atomic E-state index is 8.84. The van der Waals surface area contributed by atoms with E-state index in [4.69, 9.17) is 10.9 Å². The Morgan fingerprint density at radius 3 is 2.63 bits per heavy atom. The second-order valence-electron chi connectivity index (χ2n) is 5.61. The van der Waals surface area contributed by atoms with Gasteiger partial charge >= 0.3 is 0 Å². The molecule has 0 radical (unpaired) electrons. The van der Waals surface area contributed by atoms with Crippen LogP contribution in [0.5, 0.6) is 0 Å². The Balaban J connectivity index is 2.24. The molecule has 1 aromatic carbocycles. The van der Waals surface area contributed by atoms with Gasteiger partial charge in [0.15, 0.2) is 0 Å². The molecule has 3 atom stereocenters. The van der Waals surface area contributed by atoms with Crippen LogP contribution < -0.4 is 5.73 Å². The van der Waals surface area contributed by atoms with E-state index in [1.54, 1.807) is 0 Å². The van der Waals surface area contributed by atoms with Crippen LogP contribution in [0.4, 0.5) is 0 Å². The maximum atomic E-state index is 8.84. The Bertz CT molecular complexity index is 432. The zero-order valence-corrected chi connectivity index (χ0v) is 11.7. The largest absolute Gasteiger partial charge is 0.409 e. The minimum Gasteiger partial charge on any atom is -0.409 e. The van der Waals surface area contributed by atoms with Crippen LogP contribution in [-0.2, 0) is 0 Å². The van der Waals surface area contributed by atoms with Gasteiger partial charge in [0.2, 0.25) is 0 Å². The fraction of sp³-hybridized carbons (Fsp3) is 0.533. The second kappa shape index (κ2) is 6.06. The van der Waals surface area contributed by atoms with Gasteiger partial charge in [0.1, 0.15) is 5.84 Å². The van der Waals surface area contributed by atoms with Crippen LogP contribution >= 0.6 is 0 Å². The third kappa shape index (κ3) is 3.26. The van der Waals surface area contributed by atoms with E-state index in [2.05, 4.69) is 36.0 Å². The Morgan fingerprint density at radius 1 is 1.42 bits per heavy atom. The molecule has 4 nitrogen and oxygen atoms in total. The first-order chi connectivity index (χ1) is 9.11. The van der Waals surface area contributed by atoms with Crippen molar-refractivity contribution < 1.29 is 5.21 Å². The monoisotopic (exact) mass is 261 g/mol. The molecule has 0 aliphatic carbocycles. The Labute approximate surface area is 114 Å². The van der Waals surface area contributed by atoms with E-state index in [1.807, 2.05) is 18.2 Å². The molecule has 4 heteroatoms. The predicted molar refractivity (Wildman–Crippen MR) is 77.2 cm³/mol. The van der Waals surface area contributed by atoms with Crippen LogP contribution in [0.2, 0.25) is 0 Å². The lowest BCUT2D eigenvalue weighted by atomic mass is 10.0. The van der Waals surface area contributed by atoms with Gasteiger partial charge in [-0.1, -0.05) is 42.4 Å². The maximum Gasteiger partial charge on any atom is 0.141 e. The van der Waals surface area contributed by atoms with E-state index in [-0.39, 0.29) is 6.04 Å². The molecule has 19 heavy (non-hydrogen) atoms. The molecular formula is C15H23N3O. The summed E-state index contributed by atoms with van der Waals surface area (Å²) < 4.78 is 0. The van der Waals surface area contributed by atoms with Crippen LogP contribution in [0.25, 0.3) is 0 Å². The highest BCUT2D eigenvalue weighted by atomic mass is 16.4. The van der Waals surface area contributed by atoms with Gasteiger partial charge in [0.25, 0.3) is 0 Å². The molecule has 0 bridgehead atoms. The van der Waals surface area contributed by atoms with E-state index in [1.165, 1.54) is 12.0 Å². The SMILES string of the molecule is CC1CC(C)N(C(C/C(N)=N/O)c2ccccc2)C1. The van der Waals surface area contributed by atoms with Gasteiger partial charge in [-0.05, 0) is 24.8 Å². The molecular weight excluding hydrogens is 238 g/mol. The van der Waals surface area contributed by atoms with Crippen molar-refractivity contribution in [3.05, 3.63) is 35.9 Å². The van der Waals surface area contributed by atoms with Crippen molar-refractivity contribution in [3.63, 3.8) is 0 Å². The first-order valence-electron chi connectivity index (χ1n) is 6.89. The summed E-state index contributed by atoms with van der Waals surface area (Å²) in [5, 5.41) is 12.0. The van der Waals surface area contributed by atoms with Crippen molar-refractivity contribution in [2.45, 2.75) is 38.8 Å². The molecule has 1 aromatic rings. The Kier molecular flexibility index (Phi) is 4.43. The summed E-state index contributed by atoms with van der Waals surface area (Å²) in [6.45, 7) is 5.60. The van der Waals surface area contributed by atoms with Gasteiger partial charge in [-0.25, -0.2) is 0 Å². The molecule has 1 saturated heterocycles. The fourth-order valence-electron chi connectivity index (χ4n) is 3.11. The van der Waals surface area contributed by atoms with E-state index >= 15 is 0 Å². The fourth-order valence-corrected chi connectivity index (χ4v) is 3.11. The first-order valence-corrected chi connectivity index (χ1v) is 6.89. The molecule has 0 amide bonds. The molecule has 0 aromatic heterocycles. The summed E-state index contributed by atoms with van der Waals surface area (Å²) in [6, 6.07) is 11.1. The first kappa shape index (κ1) is 13.9. The number of oxime groups is 1. The smallest absolute Gasteiger partial charge is 0.141 e. The van der Waals surface area contributed by atoms with Crippen molar-refractivity contribution in [3.8, 4) is 0 Å². The van der Waals surface area contributed by atoms with Crippen LogP contribution in [0.3, 0.4) is 0 Å². The van der Waals surface area contributed by atoms with E-state index < -0.39 is 0 Å². The molecule has 1 fully saturated rings. The summed E-state index contributed by atoms with van der Waals surface area (Å²) in [7, 11) is 0. The number of amidine groups is 1. The third-order valence-corrected chi connectivity index (χ3v) is 3.95. The minimum atomic E-state index is 0.192. The number of likely N-dealkylation sites (tertiary alicyclic amines) is 1. The van der Waals surface area contributed by atoms with Gasteiger partial charge < -0.3 is 10.9 Å². The third-order valence-electron chi connectivity index (χ3n) is 3.95. The summed E-state index contributed by atoms with van der Waals surface area (Å²) in [6.07, 6.45) is 1.77. The number of rotatable bonds is 4. The number of nitrogens with two attached hydrogens (primary N) is 1. The lowest BCUT2D eigenvalue weighted by Crippen LogP contribution is -2.34. The molecule has 3 N–H and O–H groups in total. The number of hydrogen-bond donors (Lipinski definition) is 2. The molecule has 1 aliphatic rings. The molecule has 3 unspecified atom stereocenters. The van der Waals surface area contributed by atoms with E-state index in [9.17, 15) is 0 Å². The summed E-state index contributed by atoms with van der Waals surface area (Å²) in [4.78, 5) is 2.47. The molecule has 0 saturated carbocycles. The van der Waals surface area contributed by atoms with Gasteiger partial charge in [-0.2, -0.15) is 0 Å². The summed E-state index contributed by atoms with van der Waals surface area (Å²) in [5.74, 6) is 0.995. The van der Waals surface area contributed by atoms with E-state index in [0.717, 1.165) is 6.54 Å². The van der Waals surface area contributed by atoms with Crippen LogP contribution in [0.1, 0.15) is 38.3 Å². The van der Waals surface area contributed by atoms with E-state index in [0.29, 0.717) is 24.2 Å². The van der Waals surface area contributed by atoms with Gasteiger partial charge in [-0.15, -0.1) is 0 Å². The predicted octanol–water partition coefficient (Wildman–Crippen LogP) is 2.59. The Hall–Kier alpha value is -1.55. The lowest BCUT2D eigenvalue weighted by molar-refractivity contribution is 0.190. The second-order valence-corrected chi connectivity index (χ2v) is 5.61. The standard InChI is InChI=1S/C15H23N3O/c1-11-8-12(2)18(10-11)14(9-15(16)17-19)13-6-4-3-5-7-13/h3-7,11-12,14,19H,8-10H2,1-2H3,(H2,16,17). The normalized spacial score (nSPS) is 26.5.